The smallest absolute Gasteiger partial charge is 0.251 e. The molecule has 126 valence electrons. The fraction of sp³-hybridized carbons (Fsp3) is 0.350. The van der Waals surface area contributed by atoms with Crippen LogP contribution in [0.4, 0.5) is 0 Å². The maximum Gasteiger partial charge on any atom is 0.251 e. The van der Waals surface area contributed by atoms with E-state index < -0.39 is 5.60 Å². The van der Waals surface area contributed by atoms with Gasteiger partial charge in [0.25, 0.3) is 5.91 Å². The maximum absolute atomic E-state index is 12.2. The molecular formula is C20H23NO3. The molecule has 0 unspecified atom stereocenters. The standard InChI is InChI=1S/C20H23NO3/c1-5-8-21-19(23)13-10-16(22)18-14-9-12(2)6-7-15(14)20(3,4)24-17(18)11-13/h6-7,9-11,22H,5,8H2,1-4H3,(H,21,23). The molecule has 1 aliphatic heterocycles. The van der Waals surface area contributed by atoms with Crippen LogP contribution in [0, 0.1) is 6.92 Å². The Morgan fingerprint density at radius 2 is 2.00 bits per heavy atom. The van der Waals surface area contributed by atoms with Crippen molar-refractivity contribution in [3.05, 3.63) is 47.0 Å². The predicted molar refractivity (Wildman–Crippen MR) is 94.6 cm³/mol. The Morgan fingerprint density at radius 3 is 2.71 bits per heavy atom. The molecule has 24 heavy (non-hydrogen) atoms. The highest BCUT2D eigenvalue weighted by Gasteiger charge is 2.34. The first-order chi connectivity index (χ1) is 11.3. The summed E-state index contributed by atoms with van der Waals surface area (Å²) in [6.45, 7) is 8.60. The van der Waals surface area contributed by atoms with Gasteiger partial charge in [0, 0.05) is 17.7 Å². The van der Waals surface area contributed by atoms with E-state index in [1.807, 2.05) is 39.8 Å². The first-order valence-corrected chi connectivity index (χ1v) is 8.29. The summed E-state index contributed by atoms with van der Waals surface area (Å²) in [4.78, 5) is 12.2. The minimum Gasteiger partial charge on any atom is -0.507 e. The van der Waals surface area contributed by atoms with E-state index in [0.717, 1.165) is 23.1 Å². The Balaban J connectivity index is 2.14. The van der Waals surface area contributed by atoms with E-state index in [1.165, 1.54) is 6.07 Å². The van der Waals surface area contributed by atoms with E-state index in [2.05, 4.69) is 11.4 Å². The molecule has 4 nitrogen and oxygen atoms in total. The van der Waals surface area contributed by atoms with Gasteiger partial charge in [0.1, 0.15) is 17.1 Å². The van der Waals surface area contributed by atoms with Gasteiger partial charge in [-0.25, -0.2) is 0 Å². The second kappa shape index (κ2) is 5.86. The number of aryl methyl sites for hydroxylation is 1. The van der Waals surface area contributed by atoms with Crippen molar-refractivity contribution >= 4 is 5.91 Å². The summed E-state index contributed by atoms with van der Waals surface area (Å²) >= 11 is 0. The van der Waals surface area contributed by atoms with Crippen LogP contribution in [0.25, 0.3) is 11.1 Å². The zero-order chi connectivity index (χ0) is 17.5. The van der Waals surface area contributed by atoms with Gasteiger partial charge in [-0.15, -0.1) is 0 Å². The molecule has 2 N–H and O–H groups in total. The van der Waals surface area contributed by atoms with Gasteiger partial charge in [-0.3, -0.25) is 4.79 Å². The van der Waals surface area contributed by atoms with Gasteiger partial charge in [0.05, 0.1) is 5.56 Å². The number of amides is 1. The first-order valence-electron chi connectivity index (χ1n) is 8.29. The fourth-order valence-corrected chi connectivity index (χ4v) is 3.14. The SMILES string of the molecule is CCCNC(=O)c1cc(O)c2c(c1)OC(C)(C)c1ccc(C)cc1-2. The molecule has 0 atom stereocenters. The molecule has 4 heteroatoms. The highest BCUT2D eigenvalue weighted by molar-refractivity contribution is 5.97. The van der Waals surface area contributed by atoms with E-state index in [-0.39, 0.29) is 11.7 Å². The van der Waals surface area contributed by atoms with E-state index >= 15 is 0 Å². The van der Waals surface area contributed by atoms with Crippen LogP contribution in [0.1, 0.15) is 48.7 Å². The van der Waals surface area contributed by atoms with Crippen LogP contribution in [0.2, 0.25) is 0 Å². The van der Waals surface area contributed by atoms with Crippen LogP contribution in [-0.2, 0) is 5.60 Å². The zero-order valence-electron chi connectivity index (χ0n) is 14.6. The fourth-order valence-electron chi connectivity index (χ4n) is 3.14. The second-order valence-corrected chi connectivity index (χ2v) is 6.79. The number of hydrogen-bond donors (Lipinski definition) is 2. The predicted octanol–water partition coefficient (Wildman–Crippen LogP) is 4.13. The number of carbonyl (C=O) groups is 1. The van der Waals surface area contributed by atoms with Crippen molar-refractivity contribution in [2.24, 2.45) is 0 Å². The number of rotatable bonds is 3. The Labute approximate surface area is 142 Å². The molecule has 0 spiro atoms. The highest BCUT2D eigenvalue weighted by Crippen LogP contribution is 2.49. The van der Waals surface area contributed by atoms with Gasteiger partial charge >= 0.3 is 0 Å². The number of carbonyl (C=O) groups excluding carboxylic acids is 1. The number of phenolic OH excluding ortho intramolecular Hbond substituents is 1. The summed E-state index contributed by atoms with van der Waals surface area (Å²) < 4.78 is 6.12. The van der Waals surface area contributed by atoms with Gasteiger partial charge in [0.2, 0.25) is 0 Å². The summed E-state index contributed by atoms with van der Waals surface area (Å²) in [6, 6.07) is 9.35. The lowest BCUT2D eigenvalue weighted by molar-refractivity contribution is 0.0942. The Hall–Kier alpha value is -2.49. The number of nitrogens with one attached hydrogen (secondary N) is 1. The van der Waals surface area contributed by atoms with E-state index in [4.69, 9.17) is 4.74 Å². The summed E-state index contributed by atoms with van der Waals surface area (Å²) in [5.41, 5.74) is 3.63. The highest BCUT2D eigenvalue weighted by atomic mass is 16.5. The van der Waals surface area contributed by atoms with Crippen LogP contribution in [-0.4, -0.2) is 17.6 Å². The lowest BCUT2D eigenvalue weighted by Crippen LogP contribution is -2.30. The molecule has 0 aliphatic carbocycles. The third kappa shape index (κ3) is 2.73. The number of ether oxygens (including phenoxy) is 1. The molecule has 1 aliphatic rings. The third-order valence-corrected chi connectivity index (χ3v) is 4.34. The summed E-state index contributed by atoms with van der Waals surface area (Å²) in [5.74, 6) is 0.405. The average Bonchev–Trinajstić information content (AvgIpc) is 2.50. The quantitative estimate of drug-likeness (QED) is 0.892. The number of aromatic hydroxyl groups is 1. The number of benzene rings is 2. The number of hydrogen-bond acceptors (Lipinski definition) is 3. The van der Waals surface area contributed by atoms with Crippen molar-refractivity contribution in [1.29, 1.82) is 0 Å². The van der Waals surface area contributed by atoms with Crippen LogP contribution in [0.5, 0.6) is 11.5 Å². The molecule has 3 rings (SSSR count). The first kappa shape index (κ1) is 16.4. The minimum atomic E-state index is -0.527. The molecule has 2 aromatic rings. The molecule has 0 aromatic heterocycles. The van der Waals surface area contributed by atoms with Crippen LogP contribution >= 0.6 is 0 Å². The van der Waals surface area contributed by atoms with Gasteiger partial charge in [-0.2, -0.15) is 0 Å². The Kier molecular flexibility index (Phi) is 3.99. The largest absolute Gasteiger partial charge is 0.507 e. The average molecular weight is 325 g/mol. The van der Waals surface area contributed by atoms with Crippen molar-refractivity contribution in [2.45, 2.75) is 39.7 Å². The summed E-state index contributed by atoms with van der Waals surface area (Å²) in [6.07, 6.45) is 0.860. The summed E-state index contributed by atoms with van der Waals surface area (Å²) in [5, 5.41) is 13.4. The van der Waals surface area contributed by atoms with Crippen molar-refractivity contribution < 1.29 is 14.6 Å². The van der Waals surface area contributed by atoms with Crippen LogP contribution in [0.15, 0.2) is 30.3 Å². The molecule has 0 saturated heterocycles. The Bertz CT molecular complexity index is 809. The molecule has 0 bridgehead atoms. The molecular weight excluding hydrogens is 302 g/mol. The molecule has 2 aromatic carbocycles. The van der Waals surface area contributed by atoms with Gasteiger partial charge < -0.3 is 15.2 Å². The number of fused-ring (bicyclic) bond motifs is 3. The van der Waals surface area contributed by atoms with E-state index in [1.54, 1.807) is 6.07 Å². The maximum atomic E-state index is 12.2. The normalized spacial score (nSPS) is 14.3. The van der Waals surface area contributed by atoms with Crippen molar-refractivity contribution in [2.75, 3.05) is 6.54 Å². The Morgan fingerprint density at radius 1 is 1.25 bits per heavy atom. The topological polar surface area (TPSA) is 58.6 Å². The molecule has 0 saturated carbocycles. The van der Waals surface area contributed by atoms with Gasteiger partial charge in [-0.1, -0.05) is 30.7 Å². The van der Waals surface area contributed by atoms with E-state index in [0.29, 0.717) is 23.4 Å². The van der Waals surface area contributed by atoms with Gasteiger partial charge in [0.15, 0.2) is 0 Å². The van der Waals surface area contributed by atoms with Crippen molar-refractivity contribution in [3.63, 3.8) is 0 Å². The molecule has 0 radical (unpaired) electrons. The third-order valence-electron chi connectivity index (χ3n) is 4.34. The molecule has 1 heterocycles. The zero-order valence-corrected chi connectivity index (χ0v) is 14.6. The molecule has 1 amide bonds. The van der Waals surface area contributed by atoms with Crippen LogP contribution in [0.3, 0.4) is 0 Å². The molecule has 0 fully saturated rings. The number of phenols is 1. The van der Waals surface area contributed by atoms with Crippen molar-refractivity contribution in [1.82, 2.24) is 5.32 Å². The van der Waals surface area contributed by atoms with Gasteiger partial charge in [-0.05, 0) is 44.9 Å². The minimum absolute atomic E-state index is 0.0662. The lowest BCUT2D eigenvalue weighted by atomic mass is 9.84. The second-order valence-electron chi connectivity index (χ2n) is 6.79. The summed E-state index contributed by atoms with van der Waals surface area (Å²) in [7, 11) is 0. The van der Waals surface area contributed by atoms with Crippen LogP contribution < -0.4 is 10.1 Å². The lowest BCUT2D eigenvalue weighted by Gasteiger charge is -2.35. The monoisotopic (exact) mass is 325 g/mol. The van der Waals surface area contributed by atoms with E-state index in [9.17, 15) is 9.90 Å². The van der Waals surface area contributed by atoms with Crippen molar-refractivity contribution in [3.8, 4) is 22.6 Å².